The van der Waals surface area contributed by atoms with E-state index in [1.54, 1.807) is 0 Å². The third-order valence-corrected chi connectivity index (χ3v) is 9.23. The predicted octanol–water partition coefficient (Wildman–Crippen LogP) is 5.47. The number of nitrogens with zero attached hydrogens (tertiary/aromatic N) is 9. The number of benzene rings is 3. The van der Waals surface area contributed by atoms with Crippen LogP contribution in [0.4, 0.5) is 5.69 Å². The van der Waals surface area contributed by atoms with Crippen LogP contribution in [0, 0.1) is 36.5 Å². The van der Waals surface area contributed by atoms with Crippen LogP contribution in [-0.4, -0.2) is 74.0 Å². The molecule has 2 aliphatic heterocycles. The van der Waals surface area contributed by atoms with E-state index in [1.165, 1.54) is 36.0 Å². The van der Waals surface area contributed by atoms with Gasteiger partial charge in [0.2, 0.25) is 5.91 Å². The van der Waals surface area contributed by atoms with Gasteiger partial charge in [-0.3, -0.25) is 9.69 Å². The fraction of sp³-hybridized carbons (Fsp3) is 0.368. The van der Waals surface area contributed by atoms with E-state index in [2.05, 4.69) is 86.7 Å². The average Bonchev–Trinajstić information content (AvgIpc) is 3.78. The Morgan fingerprint density at radius 3 is 2.27 bits per heavy atom. The molecule has 0 radical (unpaired) electrons. The van der Waals surface area contributed by atoms with Crippen molar-refractivity contribution in [2.75, 3.05) is 37.6 Å². The quantitative estimate of drug-likeness (QED) is 0.209. The second kappa shape index (κ2) is 15.6. The van der Waals surface area contributed by atoms with E-state index in [-0.39, 0.29) is 17.9 Å². The minimum atomic E-state index is -0.0267. The van der Waals surface area contributed by atoms with Crippen molar-refractivity contribution >= 4 is 11.6 Å². The second-order valence-corrected chi connectivity index (χ2v) is 13.0. The number of likely N-dealkylation sites (tertiary alicyclic amines) is 1. The maximum Gasteiger partial charge on any atom is 0.229 e. The summed E-state index contributed by atoms with van der Waals surface area (Å²) in [5.74, 6) is 1.16. The molecule has 2 aliphatic rings. The van der Waals surface area contributed by atoms with Crippen molar-refractivity contribution in [2.24, 2.45) is 0 Å². The Kier molecular flexibility index (Phi) is 10.6. The number of allylic oxidation sites excluding steroid dienone is 1. The third kappa shape index (κ3) is 8.32. The van der Waals surface area contributed by atoms with Gasteiger partial charge in [0, 0.05) is 50.4 Å². The molecule has 11 heteroatoms. The third-order valence-electron chi connectivity index (χ3n) is 9.23. The lowest BCUT2D eigenvalue weighted by atomic mass is 10.1. The average molecular weight is 655 g/mol. The largest absolute Gasteiger partial charge is 0.354 e. The molecule has 3 aromatic carbocycles. The van der Waals surface area contributed by atoms with E-state index >= 15 is 0 Å². The fourth-order valence-electron chi connectivity index (χ4n) is 6.97. The molecule has 1 aromatic heterocycles. The van der Waals surface area contributed by atoms with Gasteiger partial charge in [0.1, 0.15) is 18.0 Å². The SMILES string of the molecule is Cc1cc(C)cc(CN2CCN(CCC(=O)N(Cc3ccc(-c4nnn[nH]4)cc3)c3cccc(CN4CCCCC4)c3)C2=C(C#N)C#N)c1. The van der Waals surface area contributed by atoms with Crippen molar-refractivity contribution in [2.45, 2.75) is 59.2 Å². The predicted molar refractivity (Wildman–Crippen MR) is 187 cm³/mol. The van der Waals surface area contributed by atoms with Gasteiger partial charge >= 0.3 is 0 Å². The molecule has 1 amide bonds. The van der Waals surface area contributed by atoms with Crippen LogP contribution >= 0.6 is 0 Å². The zero-order valence-electron chi connectivity index (χ0n) is 28.3. The first-order chi connectivity index (χ1) is 23.9. The number of aromatic nitrogens is 4. The molecule has 2 fully saturated rings. The van der Waals surface area contributed by atoms with Crippen molar-refractivity contribution in [1.29, 1.82) is 10.5 Å². The molecule has 49 heavy (non-hydrogen) atoms. The van der Waals surface area contributed by atoms with Crippen LogP contribution in [-0.2, 0) is 24.4 Å². The molecular weight excluding hydrogens is 612 g/mol. The van der Waals surface area contributed by atoms with Crippen molar-refractivity contribution in [3.63, 3.8) is 0 Å². The Morgan fingerprint density at radius 2 is 1.57 bits per heavy atom. The van der Waals surface area contributed by atoms with Crippen LogP contribution in [0.15, 0.2) is 78.1 Å². The van der Waals surface area contributed by atoms with Gasteiger partial charge in [-0.2, -0.15) is 10.5 Å². The molecule has 0 saturated carbocycles. The standard InChI is InChI=1S/C38H42N10O/c1-28-19-29(2)21-32(20-28)26-47-18-17-46(38(47)34(23-39)24-40)16-13-36(49)48(27-30-9-11-33(12-10-30)37-41-43-44-42-37)35-8-6-7-31(22-35)25-45-14-4-3-5-15-45/h6-12,19-22H,3-5,13-18,25-27H2,1-2H3,(H,41,42,43,44). The number of aryl methyl sites for hydroxylation is 2. The second-order valence-electron chi connectivity index (χ2n) is 13.0. The van der Waals surface area contributed by atoms with E-state index in [0.717, 1.165) is 42.0 Å². The zero-order valence-corrected chi connectivity index (χ0v) is 28.3. The number of rotatable bonds is 11. The minimum absolute atomic E-state index is 0.0267. The summed E-state index contributed by atoms with van der Waals surface area (Å²) in [5.41, 5.74) is 7.42. The summed E-state index contributed by atoms with van der Waals surface area (Å²) in [6.07, 6.45) is 3.95. The molecule has 250 valence electrons. The first kappa shape index (κ1) is 33.4. The lowest BCUT2D eigenvalue weighted by Gasteiger charge is -2.28. The summed E-state index contributed by atoms with van der Waals surface area (Å²) >= 11 is 0. The lowest BCUT2D eigenvalue weighted by molar-refractivity contribution is -0.119. The van der Waals surface area contributed by atoms with Crippen molar-refractivity contribution in [1.82, 2.24) is 35.3 Å². The lowest BCUT2D eigenvalue weighted by Crippen LogP contribution is -2.34. The van der Waals surface area contributed by atoms with Gasteiger partial charge in [0.15, 0.2) is 11.4 Å². The monoisotopic (exact) mass is 654 g/mol. The highest BCUT2D eigenvalue weighted by Gasteiger charge is 2.30. The van der Waals surface area contributed by atoms with E-state index in [0.29, 0.717) is 44.4 Å². The Bertz CT molecular complexity index is 1830. The Hall–Kier alpha value is -5.52. The summed E-state index contributed by atoms with van der Waals surface area (Å²) in [6, 6.07) is 26.8. The molecule has 2 saturated heterocycles. The van der Waals surface area contributed by atoms with E-state index in [4.69, 9.17) is 0 Å². The van der Waals surface area contributed by atoms with E-state index in [1.807, 2.05) is 46.2 Å². The number of hydrogen-bond acceptors (Lipinski definition) is 9. The number of piperidine rings is 1. The van der Waals surface area contributed by atoms with Gasteiger partial charge in [-0.05, 0) is 79.0 Å². The Balaban J connectivity index is 1.22. The number of hydrogen-bond donors (Lipinski definition) is 1. The van der Waals surface area contributed by atoms with Gasteiger partial charge in [-0.1, -0.05) is 72.1 Å². The molecule has 0 aliphatic carbocycles. The highest BCUT2D eigenvalue weighted by atomic mass is 16.2. The number of carbonyl (C=O) groups is 1. The fourth-order valence-corrected chi connectivity index (χ4v) is 6.97. The minimum Gasteiger partial charge on any atom is -0.354 e. The molecule has 0 spiro atoms. The van der Waals surface area contributed by atoms with Crippen LogP contribution in [0.2, 0.25) is 0 Å². The van der Waals surface area contributed by atoms with Crippen molar-refractivity contribution < 1.29 is 4.79 Å². The highest BCUT2D eigenvalue weighted by molar-refractivity contribution is 5.93. The maximum atomic E-state index is 14.2. The molecule has 11 nitrogen and oxygen atoms in total. The number of carbonyl (C=O) groups excluding carboxylic acids is 1. The number of H-pyrrole nitrogens is 1. The van der Waals surface area contributed by atoms with Crippen LogP contribution in [0.25, 0.3) is 11.4 Å². The number of nitrogens with one attached hydrogen (secondary N) is 1. The van der Waals surface area contributed by atoms with Gasteiger partial charge in [0.05, 0.1) is 6.54 Å². The number of tetrazole rings is 1. The Morgan fingerprint density at radius 1 is 0.837 bits per heavy atom. The molecule has 0 unspecified atom stereocenters. The van der Waals surface area contributed by atoms with E-state index < -0.39 is 0 Å². The zero-order chi connectivity index (χ0) is 34.2. The number of nitriles is 2. The van der Waals surface area contributed by atoms with Gasteiger partial charge in [0.25, 0.3) is 0 Å². The first-order valence-corrected chi connectivity index (χ1v) is 17.0. The van der Waals surface area contributed by atoms with E-state index in [9.17, 15) is 15.3 Å². The Labute approximate surface area is 288 Å². The number of aromatic amines is 1. The molecule has 6 rings (SSSR count). The summed E-state index contributed by atoms with van der Waals surface area (Å²) in [7, 11) is 0. The van der Waals surface area contributed by atoms with Crippen LogP contribution in [0.1, 0.15) is 53.5 Å². The molecule has 1 N–H and O–H groups in total. The molecule has 3 heterocycles. The summed E-state index contributed by atoms with van der Waals surface area (Å²) in [4.78, 5) is 22.7. The molecule has 4 aromatic rings. The number of amides is 1. The normalized spacial score (nSPS) is 14.8. The topological polar surface area (TPSA) is 132 Å². The highest BCUT2D eigenvalue weighted by Crippen LogP contribution is 2.27. The van der Waals surface area contributed by atoms with Gasteiger partial charge in [-0.15, -0.1) is 5.10 Å². The van der Waals surface area contributed by atoms with Gasteiger partial charge < -0.3 is 14.7 Å². The first-order valence-electron chi connectivity index (χ1n) is 17.0. The van der Waals surface area contributed by atoms with Crippen LogP contribution in [0.3, 0.4) is 0 Å². The summed E-state index contributed by atoms with van der Waals surface area (Å²) in [6.45, 7) is 9.87. The van der Waals surface area contributed by atoms with Crippen LogP contribution in [0.5, 0.6) is 0 Å². The molecular formula is C38H42N10O. The molecule has 0 atom stereocenters. The smallest absolute Gasteiger partial charge is 0.229 e. The maximum absolute atomic E-state index is 14.2. The number of anilines is 1. The van der Waals surface area contributed by atoms with Crippen molar-refractivity contribution in [3.8, 4) is 23.5 Å². The van der Waals surface area contributed by atoms with Crippen LogP contribution < -0.4 is 4.90 Å². The summed E-state index contributed by atoms with van der Waals surface area (Å²) in [5, 5.41) is 33.9. The van der Waals surface area contributed by atoms with Crippen molar-refractivity contribution in [3.05, 3.63) is 106 Å². The molecule has 0 bridgehead atoms. The summed E-state index contributed by atoms with van der Waals surface area (Å²) < 4.78 is 0. The van der Waals surface area contributed by atoms with Gasteiger partial charge in [-0.25, -0.2) is 5.10 Å².